The van der Waals surface area contributed by atoms with Crippen molar-refractivity contribution < 1.29 is 14.3 Å². The van der Waals surface area contributed by atoms with Gasteiger partial charge in [-0.1, -0.05) is 12.1 Å². The summed E-state index contributed by atoms with van der Waals surface area (Å²) in [7, 11) is 0. The van der Waals surface area contributed by atoms with Gasteiger partial charge in [-0.15, -0.1) is 0 Å². The molecule has 0 aromatic heterocycles. The van der Waals surface area contributed by atoms with Crippen molar-refractivity contribution in [3.63, 3.8) is 0 Å². The van der Waals surface area contributed by atoms with Gasteiger partial charge in [0, 0.05) is 5.56 Å². The van der Waals surface area contributed by atoms with Gasteiger partial charge in [0.05, 0.1) is 19.6 Å². The summed E-state index contributed by atoms with van der Waals surface area (Å²) in [4.78, 5) is 11.9. The zero-order valence-electron chi connectivity index (χ0n) is 9.66. The number of carbonyl (C=O) groups excluding carboxylic acids is 1. The third-order valence-electron chi connectivity index (χ3n) is 2.87. The Morgan fingerprint density at radius 2 is 1.94 bits per heavy atom. The van der Waals surface area contributed by atoms with Crippen LogP contribution in [0.4, 0.5) is 0 Å². The van der Waals surface area contributed by atoms with Crippen molar-refractivity contribution in [2.75, 3.05) is 13.2 Å². The van der Waals surface area contributed by atoms with Crippen LogP contribution in [0.3, 0.4) is 0 Å². The van der Waals surface area contributed by atoms with Gasteiger partial charge in [-0.25, -0.2) is 0 Å². The topological polar surface area (TPSA) is 35.5 Å². The number of ketones is 1. The Labute approximate surface area is 95.4 Å². The van der Waals surface area contributed by atoms with E-state index in [1.54, 1.807) is 0 Å². The third-order valence-corrected chi connectivity index (χ3v) is 2.87. The zero-order valence-corrected chi connectivity index (χ0v) is 9.66. The standard InChI is InChI=1S/C13H16O3/c1-9-3-4-11(7-10(9)2)12(14)8-13-15-5-6-16-13/h3-4,7,13H,5-6,8H2,1-2H3. The number of hydrogen-bond acceptors (Lipinski definition) is 3. The summed E-state index contributed by atoms with van der Waals surface area (Å²) in [6.07, 6.45) is -0.0446. The number of rotatable bonds is 3. The summed E-state index contributed by atoms with van der Waals surface area (Å²) in [5.74, 6) is 0.0787. The first-order chi connectivity index (χ1) is 7.66. The Morgan fingerprint density at radius 3 is 2.56 bits per heavy atom. The molecule has 86 valence electrons. The molecular weight excluding hydrogens is 204 g/mol. The lowest BCUT2D eigenvalue weighted by atomic mass is 10.0. The van der Waals surface area contributed by atoms with E-state index < -0.39 is 0 Å². The van der Waals surface area contributed by atoms with Crippen LogP contribution in [0, 0.1) is 13.8 Å². The van der Waals surface area contributed by atoms with Gasteiger partial charge in [-0.05, 0) is 31.0 Å². The Hall–Kier alpha value is -1.19. The van der Waals surface area contributed by atoms with Crippen LogP contribution < -0.4 is 0 Å². The van der Waals surface area contributed by atoms with E-state index in [9.17, 15) is 4.79 Å². The lowest BCUT2D eigenvalue weighted by Crippen LogP contribution is -2.14. The molecule has 16 heavy (non-hydrogen) atoms. The Morgan fingerprint density at radius 1 is 1.25 bits per heavy atom. The molecule has 3 heteroatoms. The van der Waals surface area contributed by atoms with Crippen molar-refractivity contribution in [2.24, 2.45) is 0 Å². The van der Waals surface area contributed by atoms with Crippen molar-refractivity contribution in [3.8, 4) is 0 Å². The number of benzene rings is 1. The summed E-state index contributed by atoms with van der Waals surface area (Å²) in [6, 6.07) is 5.76. The van der Waals surface area contributed by atoms with E-state index in [1.807, 2.05) is 32.0 Å². The van der Waals surface area contributed by atoms with E-state index >= 15 is 0 Å². The van der Waals surface area contributed by atoms with E-state index in [0.717, 1.165) is 11.1 Å². The van der Waals surface area contributed by atoms with Crippen LogP contribution >= 0.6 is 0 Å². The van der Waals surface area contributed by atoms with Crippen molar-refractivity contribution in [1.82, 2.24) is 0 Å². The lowest BCUT2D eigenvalue weighted by Gasteiger charge is -2.09. The van der Waals surface area contributed by atoms with Crippen molar-refractivity contribution in [1.29, 1.82) is 0 Å². The second-order valence-corrected chi connectivity index (χ2v) is 4.10. The van der Waals surface area contributed by atoms with Crippen LogP contribution in [0.5, 0.6) is 0 Å². The molecule has 0 amide bonds. The molecule has 0 spiro atoms. The number of ether oxygens (including phenoxy) is 2. The molecule has 2 rings (SSSR count). The van der Waals surface area contributed by atoms with Crippen LogP contribution in [0.15, 0.2) is 18.2 Å². The van der Waals surface area contributed by atoms with Crippen molar-refractivity contribution in [3.05, 3.63) is 34.9 Å². The highest BCUT2D eigenvalue weighted by Gasteiger charge is 2.20. The van der Waals surface area contributed by atoms with Crippen molar-refractivity contribution in [2.45, 2.75) is 26.6 Å². The molecular formula is C13H16O3. The first kappa shape index (κ1) is 11.3. The highest BCUT2D eigenvalue weighted by atomic mass is 16.7. The average Bonchev–Trinajstić information content (AvgIpc) is 2.74. The molecule has 1 aromatic rings. The third kappa shape index (κ3) is 2.49. The van der Waals surface area contributed by atoms with Gasteiger partial charge in [0.1, 0.15) is 0 Å². The fraction of sp³-hybridized carbons (Fsp3) is 0.462. The van der Waals surface area contributed by atoms with Gasteiger partial charge in [-0.2, -0.15) is 0 Å². The summed E-state index contributed by atoms with van der Waals surface area (Å²) in [5.41, 5.74) is 3.08. The number of aryl methyl sites for hydroxylation is 2. The molecule has 1 aromatic carbocycles. The molecule has 0 N–H and O–H groups in total. The largest absolute Gasteiger partial charge is 0.350 e. The quantitative estimate of drug-likeness (QED) is 0.733. The predicted octanol–water partition coefficient (Wildman–Crippen LogP) is 2.25. The minimum absolute atomic E-state index is 0.0787. The first-order valence-electron chi connectivity index (χ1n) is 5.50. The molecule has 3 nitrogen and oxygen atoms in total. The second kappa shape index (κ2) is 4.76. The maximum absolute atomic E-state index is 11.9. The Balaban J connectivity index is 2.05. The molecule has 0 saturated carbocycles. The molecule has 0 radical (unpaired) electrons. The molecule has 0 aliphatic carbocycles. The summed E-state index contributed by atoms with van der Waals surface area (Å²) in [5, 5.41) is 0. The van der Waals surface area contributed by atoms with Gasteiger partial charge in [-0.3, -0.25) is 4.79 Å². The Bertz CT molecular complexity index is 392. The minimum atomic E-state index is -0.353. The van der Waals surface area contributed by atoms with Crippen LogP contribution in [0.2, 0.25) is 0 Å². The molecule has 0 unspecified atom stereocenters. The van der Waals surface area contributed by atoms with E-state index in [1.165, 1.54) is 5.56 Å². The predicted molar refractivity (Wildman–Crippen MR) is 60.6 cm³/mol. The van der Waals surface area contributed by atoms with Crippen molar-refractivity contribution >= 4 is 5.78 Å². The zero-order chi connectivity index (χ0) is 11.5. The maximum atomic E-state index is 11.9. The van der Waals surface area contributed by atoms with Crippen LogP contribution in [-0.4, -0.2) is 25.3 Å². The SMILES string of the molecule is Cc1ccc(C(=O)CC2OCCO2)cc1C. The fourth-order valence-electron chi connectivity index (χ4n) is 1.71. The normalized spacial score (nSPS) is 16.6. The lowest BCUT2D eigenvalue weighted by molar-refractivity contribution is -0.0407. The maximum Gasteiger partial charge on any atom is 0.167 e. The molecule has 1 aliphatic heterocycles. The molecule has 1 heterocycles. The number of Topliss-reactive ketones (excluding diaryl/α,β-unsaturated/α-hetero) is 1. The number of hydrogen-bond donors (Lipinski definition) is 0. The van der Waals surface area contributed by atoms with Gasteiger partial charge in [0.15, 0.2) is 12.1 Å². The molecule has 1 fully saturated rings. The number of carbonyl (C=O) groups is 1. The van der Waals surface area contributed by atoms with E-state index in [4.69, 9.17) is 9.47 Å². The molecule has 1 saturated heterocycles. The Kier molecular flexibility index (Phi) is 3.36. The minimum Gasteiger partial charge on any atom is -0.350 e. The fourth-order valence-corrected chi connectivity index (χ4v) is 1.71. The summed E-state index contributed by atoms with van der Waals surface area (Å²) >= 11 is 0. The average molecular weight is 220 g/mol. The highest BCUT2D eigenvalue weighted by molar-refractivity contribution is 5.96. The van der Waals surface area contributed by atoms with Gasteiger partial charge >= 0.3 is 0 Å². The monoisotopic (exact) mass is 220 g/mol. The van der Waals surface area contributed by atoms with Crippen LogP contribution in [0.1, 0.15) is 27.9 Å². The highest BCUT2D eigenvalue weighted by Crippen LogP contribution is 2.15. The first-order valence-corrected chi connectivity index (χ1v) is 5.50. The van der Waals surface area contributed by atoms with Crippen LogP contribution in [-0.2, 0) is 9.47 Å². The van der Waals surface area contributed by atoms with E-state index in [2.05, 4.69) is 0 Å². The van der Waals surface area contributed by atoms with E-state index in [0.29, 0.717) is 19.6 Å². The second-order valence-electron chi connectivity index (χ2n) is 4.10. The van der Waals surface area contributed by atoms with Crippen LogP contribution in [0.25, 0.3) is 0 Å². The summed E-state index contributed by atoms with van der Waals surface area (Å²) < 4.78 is 10.5. The van der Waals surface area contributed by atoms with Gasteiger partial charge in [0.25, 0.3) is 0 Å². The van der Waals surface area contributed by atoms with Gasteiger partial charge < -0.3 is 9.47 Å². The molecule has 0 atom stereocenters. The molecule has 1 aliphatic rings. The van der Waals surface area contributed by atoms with Gasteiger partial charge in [0.2, 0.25) is 0 Å². The molecule has 0 bridgehead atoms. The van der Waals surface area contributed by atoms with E-state index in [-0.39, 0.29) is 12.1 Å². The smallest absolute Gasteiger partial charge is 0.167 e. The summed E-state index contributed by atoms with van der Waals surface area (Å²) in [6.45, 7) is 5.22.